The standard InChI is InChI=1S/C30H36N2O6/c1-3-18-37-24-10-6-22(7-11-24)27-26(28(33)23-8-12-25(13-9-23)38-19-4-2)29(34)30(35)32(27)15-5-14-31-16-20-36-21-17-31/h4,6-13,27,33H,2-3,5,14-21H2,1H3/b28-26+/t27-/m1/s1. The van der Waals surface area contributed by atoms with Crippen LogP contribution in [0.4, 0.5) is 0 Å². The van der Waals surface area contributed by atoms with Crippen molar-refractivity contribution >= 4 is 17.4 Å². The maximum absolute atomic E-state index is 13.3. The molecule has 2 aliphatic rings. The molecule has 8 heteroatoms. The van der Waals surface area contributed by atoms with Crippen molar-refractivity contribution < 1.29 is 28.9 Å². The molecule has 2 saturated heterocycles. The minimum Gasteiger partial charge on any atom is -0.507 e. The van der Waals surface area contributed by atoms with Crippen LogP contribution in [0.3, 0.4) is 0 Å². The summed E-state index contributed by atoms with van der Waals surface area (Å²) >= 11 is 0. The molecular weight excluding hydrogens is 484 g/mol. The van der Waals surface area contributed by atoms with E-state index in [0.717, 1.165) is 37.4 Å². The molecule has 38 heavy (non-hydrogen) atoms. The van der Waals surface area contributed by atoms with Crippen molar-refractivity contribution in [3.05, 3.63) is 77.9 Å². The van der Waals surface area contributed by atoms with Crippen LogP contribution in [0.2, 0.25) is 0 Å². The number of carbonyl (C=O) groups excluding carboxylic acids is 2. The van der Waals surface area contributed by atoms with Crippen LogP contribution >= 0.6 is 0 Å². The van der Waals surface area contributed by atoms with Crippen molar-refractivity contribution in [2.45, 2.75) is 25.8 Å². The quantitative estimate of drug-likeness (QED) is 0.194. The Morgan fingerprint density at radius 3 is 2.34 bits per heavy atom. The van der Waals surface area contributed by atoms with Crippen molar-refractivity contribution in [3.8, 4) is 11.5 Å². The number of rotatable bonds is 12. The van der Waals surface area contributed by atoms with E-state index in [1.54, 1.807) is 35.2 Å². The number of hydrogen-bond donors (Lipinski definition) is 1. The number of aliphatic hydroxyl groups excluding tert-OH is 1. The number of likely N-dealkylation sites (tertiary alicyclic amines) is 1. The summed E-state index contributed by atoms with van der Waals surface area (Å²) in [5.41, 5.74) is 1.27. The van der Waals surface area contributed by atoms with E-state index in [9.17, 15) is 14.7 Å². The van der Waals surface area contributed by atoms with E-state index in [1.165, 1.54) is 0 Å². The molecule has 2 aromatic rings. The maximum Gasteiger partial charge on any atom is 0.295 e. The lowest BCUT2D eigenvalue weighted by Crippen LogP contribution is -2.38. The first-order valence-electron chi connectivity index (χ1n) is 13.2. The minimum absolute atomic E-state index is 0.0864. The lowest BCUT2D eigenvalue weighted by atomic mass is 9.95. The van der Waals surface area contributed by atoms with Crippen molar-refractivity contribution in [3.63, 3.8) is 0 Å². The highest BCUT2D eigenvalue weighted by Gasteiger charge is 2.45. The monoisotopic (exact) mass is 520 g/mol. The van der Waals surface area contributed by atoms with Gasteiger partial charge >= 0.3 is 0 Å². The van der Waals surface area contributed by atoms with Crippen LogP contribution in [0.15, 0.2) is 66.8 Å². The van der Waals surface area contributed by atoms with Gasteiger partial charge in [-0.1, -0.05) is 31.7 Å². The SMILES string of the molecule is C=CCOc1ccc(/C(O)=C2\C(=O)C(=O)N(CCCN3CCOCC3)[C@@H]2c2ccc(OCCC)cc2)cc1. The van der Waals surface area contributed by atoms with Crippen LogP contribution in [0.5, 0.6) is 11.5 Å². The lowest BCUT2D eigenvalue weighted by molar-refractivity contribution is -0.140. The summed E-state index contributed by atoms with van der Waals surface area (Å²) < 4.78 is 16.7. The van der Waals surface area contributed by atoms with Gasteiger partial charge in [-0.25, -0.2) is 0 Å². The van der Waals surface area contributed by atoms with E-state index in [1.807, 2.05) is 31.2 Å². The molecule has 2 aromatic carbocycles. The molecular formula is C30H36N2O6. The molecule has 0 radical (unpaired) electrons. The lowest BCUT2D eigenvalue weighted by Gasteiger charge is -2.29. The molecule has 1 N–H and O–H groups in total. The molecule has 1 atom stereocenters. The van der Waals surface area contributed by atoms with E-state index in [2.05, 4.69) is 11.5 Å². The minimum atomic E-state index is -0.698. The number of morpholine rings is 1. The number of benzene rings is 2. The fourth-order valence-corrected chi connectivity index (χ4v) is 4.73. The third-order valence-corrected chi connectivity index (χ3v) is 6.68. The molecule has 0 spiro atoms. The first-order valence-corrected chi connectivity index (χ1v) is 13.2. The smallest absolute Gasteiger partial charge is 0.295 e. The molecule has 202 valence electrons. The van der Waals surface area contributed by atoms with Gasteiger partial charge in [0.15, 0.2) is 0 Å². The van der Waals surface area contributed by atoms with E-state index in [0.29, 0.717) is 50.7 Å². The second-order valence-corrected chi connectivity index (χ2v) is 9.34. The molecule has 1 amide bonds. The van der Waals surface area contributed by atoms with Gasteiger partial charge in [-0.05, 0) is 54.8 Å². The Bertz CT molecular complexity index is 1140. The Morgan fingerprint density at radius 2 is 1.68 bits per heavy atom. The van der Waals surface area contributed by atoms with Crippen molar-refractivity contribution in [2.75, 3.05) is 52.6 Å². The van der Waals surface area contributed by atoms with Crippen LogP contribution in [0.25, 0.3) is 5.76 Å². The number of hydrogen-bond acceptors (Lipinski definition) is 7. The summed E-state index contributed by atoms with van der Waals surface area (Å²) in [7, 11) is 0. The van der Waals surface area contributed by atoms with Gasteiger partial charge in [-0.2, -0.15) is 0 Å². The average molecular weight is 521 g/mol. The number of carbonyl (C=O) groups is 2. The molecule has 0 unspecified atom stereocenters. The predicted octanol–water partition coefficient (Wildman–Crippen LogP) is 4.18. The van der Waals surface area contributed by atoms with Gasteiger partial charge in [0.1, 0.15) is 23.9 Å². The number of Topliss-reactive ketones (excluding diaryl/α,β-unsaturated/α-hetero) is 1. The Kier molecular flexibility index (Phi) is 9.56. The molecule has 0 saturated carbocycles. The van der Waals surface area contributed by atoms with Gasteiger partial charge in [0, 0.05) is 31.7 Å². The van der Waals surface area contributed by atoms with E-state index >= 15 is 0 Å². The zero-order valence-corrected chi connectivity index (χ0v) is 21.9. The zero-order valence-electron chi connectivity index (χ0n) is 21.9. The summed E-state index contributed by atoms with van der Waals surface area (Å²) in [6.07, 6.45) is 3.24. The normalized spacial score (nSPS) is 19.5. The van der Waals surface area contributed by atoms with Gasteiger partial charge in [0.25, 0.3) is 11.7 Å². The number of ether oxygens (including phenoxy) is 3. The zero-order chi connectivity index (χ0) is 26.9. The molecule has 8 nitrogen and oxygen atoms in total. The summed E-state index contributed by atoms with van der Waals surface area (Å²) in [5, 5.41) is 11.3. The number of amides is 1. The fourth-order valence-electron chi connectivity index (χ4n) is 4.73. The highest BCUT2D eigenvalue weighted by Crippen LogP contribution is 2.40. The fraction of sp³-hybridized carbons (Fsp3) is 0.400. The summed E-state index contributed by atoms with van der Waals surface area (Å²) in [6, 6.07) is 13.5. The molecule has 0 aliphatic carbocycles. The molecule has 0 bridgehead atoms. The summed E-state index contributed by atoms with van der Waals surface area (Å²) in [4.78, 5) is 30.4. The molecule has 2 heterocycles. The van der Waals surface area contributed by atoms with E-state index < -0.39 is 17.7 Å². The van der Waals surface area contributed by atoms with Gasteiger partial charge in [0.2, 0.25) is 0 Å². The first-order chi connectivity index (χ1) is 18.5. The number of aliphatic hydroxyl groups is 1. The second-order valence-electron chi connectivity index (χ2n) is 9.34. The Balaban J connectivity index is 1.63. The molecule has 4 rings (SSSR count). The maximum atomic E-state index is 13.3. The third kappa shape index (κ3) is 6.44. The van der Waals surface area contributed by atoms with Crippen molar-refractivity contribution in [1.29, 1.82) is 0 Å². The summed E-state index contributed by atoms with van der Waals surface area (Å²) in [6.45, 7) is 11.0. The number of ketones is 1. The largest absolute Gasteiger partial charge is 0.507 e. The van der Waals surface area contributed by atoms with Gasteiger partial charge in [-0.3, -0.25) is 14.5 Å². The Hall–Kier alpha value is -3.62. The van der Waals surface area contributed by atoms with Crippen LogP contribution in [0.1, 0.15) is 36.9 Å². The van der Waals surface area contributed by atoms with Gasteiger partial charge < -0.3 is 24.2 Å². The van der Waals surface area contributed by atoms with Crippen molar-refractivity contribution in [2.24, 2.45) is 0 Å². The van der Waals surface area contributed by atoms with Gasteiger partial charge in [0.05, 0.1) is 31.4 Å². The van der Waals surface area contributed by atoms with Crippen LogP contribution < -0.4 is 9.47 Å². The molecule has 2 aliphatic heterocycles. The highest BCUT2D eigenvalue weighted by molar-refractivity contribution is 6.46. The van der Waals surface area contributed by atoms with Gasteiger partial charge in [-0.15, -0.1) is 0 Å². The average Bonchev–Trinajstić information content (AvgIpc) is 3.21. The molecule has 2 fully saturated rings. The number of nitrogens with zero attached hydrogens (tertiary/aromatic N) is 2. The van der Waals surface area contributed by atoms with Crippen LogP contribution in [-0.4, -0.2) is 79.2 Å². The molecule has 0 aromatic heterocycles. The summed E-state index contributed by atoms with van der Waals surface area (Å²) in [5.74, 6) is -0.155. The first kappa shape index (κ1) is 27.4. The van der Waals surface area contributed by atoms with Crippen molar-refractivity contribution in [1.82, 2.24) is 9.80 Å². The topological polar surface area (TPSA) is 88.5 Å². The van der Waals surface area contributed by atoms with E-state index in [4.69, 9.17) is 14.2 Å². The Labute approximate surface area is 224 Å². The van der Waals surface area contributed by atoms with E-state index in [-0.39, 0.29) is 11.3 Å². The predicted molar refractivity (Wildman–Crippen MR) is 145 cm³/mol. The van der Waals surface area contributed by atoms with Crippen LogP contribution in [0, 0.1) is 0 Å². The van der Waals surface area contributed by atoms with Crippen LogP contribution in [-0.2, 0) is 14.3 Å². The second kappa shape index (κ2) is 13.3. The highest BCUT2D eigenvalue weighted by atomic mass is 16.5. The Morgan fingerprint density at radius 1 is 1.03 bits per heavy atom. The third-order valence-electron chi connectivity index (χ3n) is 6.68.